The molecule has 0 atom stereocenters. The summed E-state index contributed by atoms with van der Waals surface area (Å²) < 4.78 is 0. The first-order valence-corrected chi connectivity index (χ1v) is 9.58. The molecule has 2 N–H and O–H groups in total. The van der Waals surface area contributed by atoms with Gasteiger partial charge in [0.05, 0.1) is 5.39 Å². The standard InChI is InChI=1S/C18H19N3OS2/c1-11-5-7-13(8-6-11)15-12(2)24-18-16(15)17(20-10-21-18)23-9-3-4-14(19)22/h5-8,10H,3-4,9H2,1-2H3,(H2,19,22). The van der Waals surface area contributed by atoms with Crippen LogP contribution in [0.1, 0.15) is 23.3 Å². The highest BCUT2D eigenvalue weighted by Gasteiger charge is 2.16. The van der Waals surface area contributed by atoms with E-state index in [0.717, 1.165) is 27.4 Å². The van der Waals surface area contributed by atoms with Crippen LogP contribution in [0.5, 0.6) is 0 Å². The number of aryl methyl sites for hydroxylation is 2. The number of carbonyl (C=O) groups excluding carboxylic acids is 1. The highest BCUT2D eigenvalue weighted by atomic mass is 32.2. The van der Waals surface area contributed by atoms with Crippen LogP contribution in [0, 0.1) is 13.8 Å². The Bertz CT molecular complexity index is 872. The van der Waals surface area contributed by atoms with E-state index in [1.165, 1.54) is 21.6 Å². The molecule has 0 spiro atoms. The number of fused-ring (bicyclic) bond motifs is 1. The lowest BCUT2D eigenvalue weighted by Gasteiger charge is -2.06. The molecule has 0 saturated heterocycles. The average Bonchev–Trinajstić information content (AvgIpc) is 2.89. The SMILES string of the molecule is Cc1ccc(-c2c(C)sc3ncnc(SCCCC(N)=O)c23)cc1. The fourth-order valence-electron chi connectivity index (χ4n) is 2.61. The van der Waals surface area contributed by atoms with Gasteiger partial charge < -0.3 is 5.73 Å². The Labute approximate surface area is 149 Å². The molecule has 2 heterocycles. The van der Waals surface area contributed by atoms with Crippen LogP contribution in [0.3, 0.4) is 0 Å². The maximum atomic E-state index is 10.9. The number of amides is 1. The van der Waals surface area contributed by atoms with Crippen molar-refractivity contribution in [3.8, 4) is 11.1 Å². The molecule has 124 valence electrons. The third-order valence-electron chi connectivity index (χ3n) is 3.78. The van der Waals surface area contributed by atoms with E-state index in [1.54, 1.807) is 29.4 Å². The number of thiophene rings is 1. The van der Waals surface area contributed by atoms with Gasteiger partial charge >= 0.3 is 0 Å². The molecule has 0 radical (unpaired) electrons. The van der Waals surface area contributed by atoms with Gasteiger partial charge in [-0.2, -0.15) is 0 Å². The molecule has 24 heavy (non-hydrogen) atoms. The largest absolute Gasteiger partial charge is 0.370 e. The smallest absolute Gasteiger partial charge is 0.217 e. The number of rotatable bonds is 6. The molecular weight excluding hydrogens is 338 g/mol. The van der Waals surface area contributed by atoms with Gasteiger partial charge in [-0.05, 0) is 25.8 Å². The van der Waals surface area contributed by atoms with Crippen LogP contribution in [0.4, 0.5) is 0 Å². The first-order chi connectivity index (χ1) is 11.6. The van der Waals surface area contributed by atoms with Crippen LogP contribution in [0.2, 0.25) is 0 Å². The summed E-state index contributed by atoms with van der Waals surface area (Å²) in [4.78, 5) is 22.1. The molecule has 4 nitrogen and oxygen atoms in total. The molecule has 3 aromatic rings. The van der Waals surface area contributed by atoms with Crippen LogP contribution < -0.4 is 5.73 Å². The Balaban J connectivity index is 1.98. The normalized spacial score (nSPS) is 11.1. The summed E-state index contributed by atoms with van der Waals surface area (Å²) in [6.07, 6.45) is 2.79. The van der Waals surface area contributed by atoms with Crippen molar-refractivity contribution >= 4 is 39.2 Å². The number of nitrogens with two attached hydrogens (primary N) is 1. The zero-order valence-electron chi connectivity index (χ0n) is 13.7. The number of hydrogen-bond acceptors (Lipinski definition) is 5. The number of aromatic nitrogens is 2. The summed E-state index contributed by atoms with van der Waals surface area (Å²) in [6, 6.07) is 8.56. The fourth-order valence-corrected chi connectivity index (χ4v) is 4.63. The molecule has 1 aromatic carbocycles. The van der Waals surface area contributed by atoms with E-state index in [0.29, 0.717) is 6.42 Å². The van der Waals surface area contributed by atoms with Crippen molar-refractivity contribution < 1.29 is 4.79 Å². The van der Waals surface area contributed by atoms with Crippen molar-refractivity contribution in [3.63, 3.8) is 0 Å². The molecule has 3 rings (SSSR count). The van der Waals surface area contributed by atoms with E-state index in [4.69, 9.17) is 5.73 Å². The summed E-state index contributed by atoms with van der Waals surface area (Å²) in [6.45, 7) is 4.22. The highest BCUT2D eigenvalue weighted by molar-refractivity contribution is 7.99. The van der Waals surface area contributed by atoms with Crippen molar-refractivity contribution in [3.05, 3.63) is 41.0 Å². The van der Waals surface area contributed by atoms with Gasteiger partial charge in [-0.15, -0.1) is 23.1 Å². The first kappa shape index (κ1) is 16.9. The van der Waals surface area contributed by atoms with Crippen LogP contribution >= 0.6 is 23.1 Å². The maximum Gasteiger partial charge on any atom is 0.217 e. The molecule has 0 aliphatic rings. The Morgan fingerprint density at radius 3 is 2.67 bits per heavy atom. The fraction of sp³-hybridized carbons (Fsp3) is 0.278. The maximum absolute atomic E-state index is 10.9. The topological polar surface area (TPSA) is 68.9 Å². The molecule has 0 saturated carbocycles. The molecule has 6 heteroatoms. The summed E-state index contributed by atoms with van der Waals surface area (Å²) in [5, 5.41) is 2.09. The molecule has 0 bridgehead atoms. The minimum Gasteiger partial charge on any atom is -0.370 e. The van der Waals surface area contributed by atoms with E-state index >= 15 is 0 Å². The first-order valence-electron chi connectivity index (χ1n) is 7.78. The molecule has 2 aromatic heterocycles. The Kier molecular flexibility index (Phi) is 5.16. The second-order valence-corrected chi connectivity index (χ2v) is 7.96. The van der Waals surface area contributed by atoms with Crippen molar-refractivity contribution in [2.75, 3.05) is 5.75 Å². The second kappa shape index (κ2) is 7.32. The van der Waals surface area contributed by atoms with Gasteiger partial charge in [0, 0.05) is 22.6 Å². The van der Waals surface area contributed by atoms with E-state index in [1.807, 2.05) is 0 Å². The average molecular weight is 358 g/mol. The number of nitrogens with zero attached hydrogens (tertiary/aromatic N) is 2. The molecule has 0 aliphatic carbocycles. The Morgan fingerprint density at radius 2 is 1.96 bits per heavy atom. The van der Waals surface area contributed by atoms with Crippen molar-refractivity contribution in [2.24, 2.45) is 5.73 Å². The van der Waals surface area contributed by atoms with Gasteiger partial charge in [0.2, 0.25) is 5.91 Å². The Morgan fingerprint density at radius 1 is 1.21 bits per heavy atom. The monoisotopic (exact) mass is 357 g/mol. The minimum absolute atomic E-state index is 0.254. The zero-order chi connectivity index (χ0) is 17.1. The lowest BCUT2D eigenvalue weighted by atomic mass is 10.0. The summed E-state index contributed by atoms with van der Waals surface area (Å²) in [7, 11) is 0. The second-order valence-electron chi connectivity index (χ2n) is 5.68. The van der Waals surface area contributed by atoms with Gasteiger partial charge in [-0.1, -0.05) is 29.8 Å². The van der Waals surface area contributed by atoms with Crippen LogP contribution in [-0.2, 0) is 4.79 Å². The third kappa shape index (κ3) is 3.60. The molecule has 0 aliphatic heterocycles. The van der Waals surface area contributed by atoms with E-state index < -0.39 is 0 Å². The minimum atomic E-state index is -0.254. The quantitative estimate of drug-likeness (QED) is 0.405. The van der Waals surface area contributed by atoms with Gasteiger partial charge in [0.25, 0.3) is 0 Å². The molecule has 0 unspecified atom stereocenters. The van der Waals surface area contributed by atoms with Crippen LogP contribution in [-0.4, -0.2) is 21.6 Å². The van der Waals surface area contributed by atoms with Gasteiger partial charge in [-0.3, -0.25) is 4.79 Å². The number of carbonyl (C=O) groups is 1. The van der Waals surface area contributed by atoms with Crippen molar-refractivity contribution in [1.29, 1.82) is 0 Å². The summed E-state index contributed by atoms with van der Waals surface area (Å²) in [5.74, 6) is 0.562. The molecular formula is C18H19N3OS2. The number of benzene rings is 1. The lowest BCUT2D eigenvalue weighted by molar-refractivity contribution is -0.118. The van der Waals surface area contributed by atoms with Crippen LogP contribution in [0.25, 0.3) is 21.3 Å². The van der Waals surface area contributed by atoms with Gasteiger partial charge in [0.15, 0.2) is 0 Å². The molecule has 1 amide bonds. The van der Waals surface area contributed by atoms with Crippen molar-refractivity contribution in [2.45, 2.75) is 31.7 Å². The van der Waals surface area contributed by atoms with E-state index in [2.05, 4.69) is 48.1 Å². The number of primary amides is 1. The highest BCUT2D eigenvalue weighted by Crippen LogP contribution is 2.41. The zero-order valence-corrected chi connectivity index (χ0v) is 15.3. The van der Waals surface area contributed by atoms with Crippen LogP contribution in [0.15, 0.2) is 35.6 Å². The lowest BCUT2D eigenvalue weighted by Crippen LogP contribution is -2.10. The third-order valence-corrected chi connectivity index (χ3v) is 5.87. The molecule has 0 fully saturated rings. The van der Waals surface area contributed by atoms with Gasteiger partial charge in [-0.25, -0.2) is 9.97 Å². The number of hydrogen-bond donors (Lipinski definition) is 1. The number of thioether (sulfide) groups is 1. The Hall–Kier alpha value is -1.92. The van der Waals surface area contributed by atoms with Crippen molar-refractivity contribution in [1.82, 2.24) is 9.97 Å². The summed E-state index contributed by atoms with van der Waals surface area (Å²) in [5.41, 5.74) is 8.86. The van der Waals surface area contributed by atoms with Gasteiger partial charge in [0.1, 0.15) is 16.2 Å². The predicted octanol–water partition coefficient (Wildman–Crippen LogP) is 4.33. The van der Waals surface area contributed by atoms with E-state index in [-0.39, 0.29) is 5.91 Å². The van der Waals surface area contributed by atoms with E-state index in [9.17, 15) is 4.79 Å². The summed E-state index contributed by atoms with van der Waals surface area (Å²) >= 11 is 3.36. The predicted molar refractivity (Wildman–Crippen MR) is 101 cm³/mol.